The predicted molar refractivity (Wildman–Crippen MR) is 75.4 cm³/mol. The van der Waals surface area contributed by atoms with Crippen LogP contribution < -0.4 is 11.1 Å². The Bertz CT molecular complexity index is 607. The summed E-state index contributed by atoms with van der Waals surface area (Å²) in [5.74, 6) is 1.76. The van der Waals surface area contributed by atoms with E-state index < -0.39 is 0 Å². The molecule has 0 aliphatic heterocycles. The first-order valence-corrected chi connectivity index (χ1v) is 6.33. The van der Waals surface area contributed by atoms with Crippen LogP contribution in [0.1, 0.15) is 35.7 Å². The lowest BCUT2D eigenvalue weighted by atomic mass is 10.1. The van der Waals surface area contributed by atoms with Crippen molar-refractivity contribution in [1.82, 2.24) is 10.3 Å². The van der Waals surface area contributed by atoms with Crippen molar-refractivity contribution in [3.8, 4) is 0 Å². The van der Waals surface area contributed by atoms with Crippen molar-refractivity contribution in [1.29, 1.82) is 0 Å². The van der Waals surface area contributed by atoms with Gasteiger partial charge in [-0.15, -0.1) is 0 Å². The number of nitrogens with two attached hydrogens (primary N) is 1. The fourth-order valence-corrected chi connectivity index (χ4v) is 1.91. The van der Waals surface area contributed by atoms with Gasteiger partial charge in [-0.05, 0) is 37.6 Å². The summed E-state index contributed by atoms with van der Waals surface area (Å²) in [7, 11) is 0. The zero-order chi connectivity index (χ0) is 14.5. The highest BCUT2D eigenvalue weighted by Gasteiger charge is 2.12. The first-order valence-electron chi connectivity index (χ1n) is 6.33. The van der Waals surface area contributed by atoms with Gasteiger partial charge >= 0.3 is 0 Å². The van der Waals surface area contributed by atoms with Crippen molar-refractivity contribution in [3.63, 3.8) is 0 Å². The Kier molecular flexibility index (Phi) is 4.37. The van der Waals surface area contributed by atoms with Gasteiger partial charge in [0.25, 0.3) is 0 Å². The summed E-state index contributed by atoms with van der Waals surface area (Å²) in [6.45, 7) is 4.46. The summed E-state index contributed by atoms with van der Waals surface area (Å²) < 4.78 is 5.57. The van der Waals surface area contributed by atoms with Crippen molar-refractivity contribution in [3.05, 3.63) is 53.2 Å². The van der Waals surface area contributed by atoms with E-state index in [9.17, 15) is 0 Å². The molecule has 1 unspecified atom stereocenters. The van der Waals surface area contributed by atoms with Crippen molar-refractivity contribution >= 4 is 5.84 Å². The third kappa shape index (κ3) is 3.16. The Morgan fingerprint density at radius 2 is 2.30 bits per heavy atom. The molecule has 6 heteroatoms. The number of rotatable bonds is 5. The molecule has 20 heavy (non-hydrogen) atoms. The summed E-state index contributed by atoms with van der Waals surface area (Å²) in [5.41, 5.74) is 6.94. The molecule has 0 fully saturated rings. The highest BCUT2D eigenvalue weighted by Crippen LogP contribution is 2.16. The van der Waals surface area contributed by atoms with Crippen LogP contribution >= 0.6 is 0 Å². The molecule has 0 saturated carbocycles. The fraction of sp³-hybridized carbons (Fsp3) is 0.286. The number of nitrogens with zero attached hydrogens (tertiary/aromatic N) is 2. The number of nitrogens with one attached hydrogen (secondary N) is 1. The zero-order valence-corrected chi connectivity index (χ0v) is 11.5. The van der Waals surface area contributed by atoms with Crippen LogP contribution in [0.4, 0.5) is 0 Å². The molecule has 4 N–H and O–H groups in total. The molecule has 2 heterocycles. The van der Waals surface area contributed by atoms with E-state index in [1.807, 2.05) is 38.1 Å². The maximum absolute atomic E-state index is 8.76. The number of aryl methyl sites for hydroxylation is 1. The lowest BCUT2D eigenvalue weighted by Crippen LogP contribution is -2.23. The van der Waals surface area contributed by atoms with Gasteiger partial charge < -0.3 is 20.7 Å². The van der Waals surface area contributed by atoms with E-state index in [1.165, 1.54) is 0 Å². The van der Waals surface area contributed by atoms with Crippen molar-refractivity contribution in [2.24, 2.45) is 10.9 Å². The molecule has 0 bridgehead atoms. The second kappa shape index (κ2) is 6.21. The Labute approximate surface area is 117 Å². The maximum Gasteiger partial charge on any atom is 0.189 e. The van der Waals surface area contributed by atoms with E-state index in [1.54, 1.807) is 6.20 Å². The van der Waals surface area contributed by atoms with Gasteiger partial charge in [-0.3, -0.25) is 4.98 Å². The lowest BCUT2D eigenvalue weighted by Gasteiger charge is -2.13. The highest BCUT2D eigenvalue weighted by molar-refractivity contribution is 5.96. The fourth-order valence-electron chi connectivity index (χ4n) is 1.91. The predicted octanol–water partition coefficient (Wildman–Crippen LogP) is 1.93. The van der Waals surface area contributed by atoms with E-state index in [0.29, 0.717) is 12.2 Å². The third-order valence-corrected chi connectivity index (χ3v) is 3.03. The average Bonchev–Trinajstić information content (AvgIpc) is 2.91. The number of furan rings is 1. The summed E-state index contributed by atoms with van der Waals surface area (Å²) in [4.78, 5) is 4.13. The van der Waals surface area contributed by atoms with Crippen LogP contribution in [0.5, 0.6) is 0 Å². The summed E-state index contributed by atoms with van der Waals surface area (Å²) in [6.07, 6.45) is 1.61. The molecule has 6 nitrogen and oxygen atoms in total. The average molecular weight is 274 g/mol. The topological polar surface area (TPSA) is 96.7 Å². The van der Waals surface area contributed by atoms with E-state index in [4.69, 9.17) is 15.4 Å². The zero-order valence-electron chi connectivity index (χ0n) is 11.5. The van der Waals surface area contributed by atoms with Gasteiger partial charge in [-0.1, -0.05) is 11.2 Å². The molecular weight excluding hydrogens is 256 g/mol. The number of pyridine rings is 1. The van der Waals surface area contributed by atoms with E-state index in [0.717, 1.165) is 17.1 Å². The lowest BCUT2D eigenvalue weighted by molar-refractivity contribution is 0.318. The van der Waals surface area contributed by atoms with Gasteiger partial charge in [-0.25, -0.2) is 0 Å². The van der Waals surface area contributed by atoms with E-state index in [2.05, 4.69) is 15.5 Å². The van der Waals surface area contributed by atoms with E-state index >= 15 is 0 Å². The van der Waals surface area contributed by atoms with Gasteiger partial charge in [0.05, 0.1) is 6.04 Å². The third-order valence-electron chi connectivity index (χ3n) is 3.03. The number of amidine groups is 1. The van der Waals surface area contributed by atoms with Crippen molar-refractivity contribution in [2.75, 3.05) is 0 Å². The molecule has 0 saturated heterocycles. The molecule has 0 aliphatic carbocycles. The Morgan fingerprint density at radius 1 is 1.50 bits per heavy atom. The van der Waals surface area contributed by atoms with Gasteiger partial charge in [0.2, 0.25) is 0 Å². The quantitative estimate of drug-likeness (QED) is 0.335. The van der Waals surface area contributed by atoms with Gasteiger partial charge in [0.1, 0.15) is 17.2 Å². The SMILES string of the molecule is Cc1ccc(C(C)NCc2cccnc2C(N)=NO)o1. The first kappa shape index (κ1) is 14.1. The summed E-state index contributed by atoms with van der Waals surface area (Å²) in [5, 5.41) is 15.1. The van der Waals surface area contributed by atoms with Gasteiger partial charge in [-0.2, -0.15) is 0 Å². The van der Waals surface area contributed by atoms with Crippen LogP contribution in [0, 0.1) is 6.92 Å². The van der Waals surface area contributed by atoms with Crippen LogP contribution in [0.15, 0.2) is 40.0 Å². The van der Waals surface area contributed by atoms with Crippen LogP contribution in [0.3, 0.4) is 0 Å². The van der Waals surface area contributed by atoms with Crippen molar-refractivity contribution < 1.29 is 9.62 Å². The molecule has 106 valence electrons. The normalized spacial score (nSPS) is 13.4. The number of hydrogen-bond donors (Lipinski definition) is 3. The van der Waals surface area contributed by atoms with Crippen LogP contribution in [0.2, 0.25) is 0 Å². The largest absolute Gasteiger partial charge is 0.465 e. The van der Waals surface area contributed by atoms with Crippen LogP contribution in [0.25, 0.3) is 0 Å². The van der Waals surface area contributed by atoms with E-state index in [-0.39, 0.29) is 11.9 Å². The van der Waals surface area contributed by atoms with Crippen LogP contribution in [-0.4, -0.2) is 16.0 Å². The Morgan fingerprint density at radius 3 is 2.95 bits per heavy atom. The molecule has 0 amide bonds. The highest BCUT2D eigenvalue weighted by atomic mass is 16.4. The molecule has 0 radical (unpaired) electrons. The molecule has 1 atom stereocenters. The first-order chi connectivity index (χ1) is 9.61. The second-order valence-corrected chi connectivity index (χ2v) is 4.55. The Balaban J connectivity index is 2.08. The van der Waals surface area contributed by atoms with Gasteiger partial charge in [0.15, 0.2) is 5.84 Å². The molecular formula is C14H18N4O2. The molecule has 0 aromatic carbocycles. The smallest absolute Gasteiger partial charge is 0.189 e. The minimum absolute atomic E-state index is 0.00361. The maximum atomic E-state index is 8.76. The van der Waals surface area contributed by atoms with Crippen molar-refractivity contribution in [2.45, 2.75) is 26.4 Å². The molecule has 2 aromatic rings. The minimum atomic E-state index is 0.00361. The standard InChI is InChI=1S/C14H18N4O2/c1-9-5-6-12(20-9)10(2)17-8-11-4-3-7-16-13(11)14(15)18-19/h3-7,10,17,19H,8H2,1-2H3,(H2,15,18). The van der Waals surface area contributed by atoms with Gasteiger partial charge in [0, 0.05) is 12.7 Å². The molecule has 0 spiro atoms. The summed E-state index contributed by atoms with van der Waals surface area (Å²) in [6, 6.07) is 7.63. The molecule has 2 rings (SSSR count). The minimum Gasteiger partial charge on any atom is -0.465 e. The number of hydrogen-bond acceptors (Lipinski definition) is 5. The number of oxime groups is 1. The Hall–Kier alpha value is -2.34. The second-order valence-electron chi connectivity index (χ2n) is 4.55. The molecule has 2 aromatic heterocycles. The monoisotopic (exact) mass is 274 g/mol. The summed E-state index contributed by atoms with van der Waals surface area (Å²) >= 11 is 0. The number of aromatic nitrogens is 1. The molecule has 0 aliphatic rings. The van der Waals surface area contributed by atoms with Crippen LogP contribution in [-0.2, 0) is 6.54 Å².